The molecule has 0 saturated carbocycles. The van der Waals surface area contributed by atoms with Gasteiger partial charge in [-0.05, 0) is 34.1 Å². The lowest BCUT2D eigenvalue weighted by molar-refractivity contribution is -0.151. The van der Waals surface area contributed by atoms with Crippen molar-refractivity contribution in [2.45, 2.75) is 52.7 Å². The minimum atomic E-state index is -0.878. The van der Waals surface area contributed by atoms with E-state index >= 15 is 0 Å². The average Bonchev–Trinajstić information content (AvgIpc) is 2.53. The van der Waals surface area contributed by atoms with E-state index in [0.29, 0.717) is 0 Å². The summed E-state index contributed by atoms with van der Waals surface area (Å²) in [5.41, 5.74) is -0.720. The zero-order chi connectivity index (χ0) is 14.8. The Morgan fingerprint density at radius 3 is 2.42 bits per heavy atom. The number of ether oxygens (including phenoxy) is 2. The van der Waals surface area contributed by atoms with Crippen LogP contribution in [0.15, 0.2) is 0 Å². The van der Waals surface area contributed by atoms with Gasteiger partial charge in [-0.3, -0.25) is 4.79 Å². The van der Waals surface area contributed by atoms with Crippen molar-refractivity contribution < 1.29 is 23.9 Å². The molecule has 2 amide bonds. The summed E-state index contributed by atoms with van der Waals surface area (Å²) in [7, 11) is 0. The van der Waals surface area contributed by atoms with Gasteiger partial charge in [-0.25, -0.2) is 14.5 Å². The highest BCUT2D eigenvalue weighted by atomic mass is 16.6. The summed E-state index contributed by atoms with van der Waals surface area (Å²) in [4.78, 5) is 36.7. The minimum Gasteiger partial charge on any atom is -0.464 e. The molecule has 1 saturated heterocycles. The summed E-state index contributed by atoms with van der Waals surface area (Å²) in [6.07, 6.45) is -0.517. The first-order chi connectivity index (χ1) is 8.67. The van der Waals surface area contributed by atoms with Gasteiger partial charge in [0.2, 0.25) is 5.91 Å². The highest BCUT2D eigenvalue weighted by Crippen LogP contribution is 2.27. The molecule has 1 fully saturated rings. The summed E-state index contributed by atoms with van der Waals surface area (Å²) >= 11 is 0. The van der Waals surface area contributed by atoms with Crippen molar-refractivity contribution in [2.75, 3.05) is 6.61 Å². The SMILES string of the molecule is CCOC(=O)[C@H]1C[C@H](C)C(=O)N1C(=O)OC(C)(C)C. The molecule has 0 bridgehead atoms. The van der Waals surface area contributed by atoms with Crippen LogP contribution < -0.4 is 0 Å². The third kappa shape index (κ3) is 3.68. The van der Waals surface area contributed by atoms with E-state index in [-0.39, 0.29) is 18.9 Å². The first-order valence-electron chi connectivity index (χ1n) is 6.40. The number of hydrogen-bond acceptors (Lipinski definition) is 5. The standard InChI is InChI=1S/C13H21NO5/c1-6-18-11(16)9-7-8(2)10(15)14(9)12(17)19-13(3,4)5/h8-9H,6-7H2,1-5H3/t8-,9+/m0/s1. The van der Waals surface area contributed by atoms with E-state index in [2.05, 4.69) is 0 Å². The fraction of sp³-hybridized carbons (Fsp3) is 0.769. The Morgan fingerprint density at radius 2 is 1.95 bits per heavy atom. The molecular weight excluding hydrogens is 250 g/mol. The van der Waals surface area contributed by atoms with E-state index in [9.17, 15) is 14.4 Å². The lowest BCUT2D eigenvalue weighted by Gasteiger charge is -2.26. The van der Waals surface area contributed by atoms with Gasteiger partial charge in [0.05, 0.1) is 6.61 Å². The van der Waals surface area contributed by atoms with E-state index in [1.165, 1.54) is 0 Å². The number of esters is 1. The number of imide groups is 1. The van der Waals surface area contributed by atoms with Crippen LogP contribution in [-0.2, 0) is 19.1 Å². The number of rotatable bonds is 2. The third-order valence-corrected chi connectivity index (χ3v) is 2.70. The van der Waals surface area contributed by atoms with Gasteiger partial charge >= 0.3 is 12.1 Å². The number of nitrogens with zero attached hydrogens (tertiary/aromatic N) is 1. The van der Waals surface area contributed by atoms with Crippen LogP contribution in [0.1, 0.15) is 41.0 Å². The Balaban J connectivity index is 2.89. The Kier molecular flexibility index (Phi) is 4.55. The summed E-state index contributed by atoms with van der Waals surface area (Å²) in [5, 5.41) is 0. The normalized spacial score (nSPS) is 23.4. The van der Waals surface area contributed by atoms with Gasteiger partial charge in [0.1, 0.15) is 11.6 Å². The van der Waals surface area contributed by atoms with Crippen molar-refractivity contribution in [1.82, 2.24) is 4.90 Å². The maximum absolute atomic E-state index is 12.0. The Bertz CT molecular complexity index is 385. The molecule has 6 heteroatoms. The second-order valence-electron chi connectivity index (χ2n) is 5.59. The first kappa shape index (κ1) is 15.5. The van der Waals surface area contributed by atoms with E-state index in [0.717, 1.165) is 4.90 Å². The second kappa shape index (κ2) is 5.59. The van der Waals surface area contributed by atoms with Gasteiger partial charge in [0.15, 0.2) is 0 Å². The van der Waals surface area contributed by atoms with Crippen molar-refractivity contribution >= 4 is 18.0 Å². The summed E-state index contributed by atoms with van der Waals surface area (Å²) in [5.74, 6) is -1.35. The van der Waals surface area contributed by atoms with Crippen LogP contribution in [0, 0.1) is 5.92 Å². The lowest BCUT2D eigenvalue weighted by Crippen LogP contribution is -2.46. The molecule has 0 spiro atoms. The van der Waals surface area contributed by atoms with E-state index in [1.54, 1.807) is 34.6 Å². The second-order valence-corrected chi connectivity index (χ2v) is 5.59. The molecular formula is C13H21NO5. The van der Waals surface area contributed by atoms with Gasteiger partial charge < -0.3 is 9.47 Å². The van der Waals surface area contributed by atoms with Crippen LogP contribution in [0.25, 0.3) is 0 Å². The number of hydrogen-bond donors (Lipinski definition) is 0. The number of amides is 2. The molecule has 1 rings (SSSR count). The predicted octanol–water partition coefficient (Wildman–Crippen LogP) is 1.72. The van der Waals surface area contributed by atoms with Crippen LogP contribution in [0.3, 0.4) is 0 Å². The predicted molar refractivity (Wildman–Crippen MR) is 67.3 cm³/mol. The quantitative estimate of drug-likeness (QED) is 0.715. The molecule has 0 aromatic heterocycles. The highest BCUT2D eigenvalue weighted by Gasteiger charge is 2.47. The van der Waals surface area contributed by atoms with E-state index in [4.69, 9.17) is 9.47 Å². The van der Waals surface area contributed by atoms with Gasteiger partial charge in [-0.2, -0.15) is 0 Å². The topological polar surface area (TPSA) is 72.9 Å². The number of likely N-dealkylation sites (tertiary alicyclic amines) is 1. The zero-order valence-corrected chi connectivity index (χ0v) is 12.1. The molecule has 0 aromatic carbocycles. The fourth-order valence-corrected chi connectivity index (χ4v) is 1.90. The monoisotopic (exact) mass is 271 g/mol. The summed E-state index contributed by atoms with van der Waals surface area (Å²) < 4.78 is 10.0. The largest absolute Gasteiger partial charge is 0.464 e. The van der Waals surface area contributed by atoms with Crippen molar-refractivity contribution in [3.05, 3.63) is 0 Å². The average molecular weight is 271 g/mol. The highest BCUT2D eigenvalue weighted by molar-refractivity contribution is 6.00. The molecule has 6 nitrogen and oxygen atoms in total. The van der Waals surface area contributed by atoms with Crippen LogP contribution >= 0.6 is 0 Å². The Hall–Kier alpha value is -1.59. The lowest BCUT2D eigenvalue weighted by atomic mass is 10.1. The van der Waals surface area contributed by atoms with Crippen molar-refractivity contribution in [1.29, 1.82) is 0 Å². The maximum atomic E-state index is 12.0. The van der Waals surface area contributed by atoms with Crippen LogP contribution in [0.2, 0.25) is 0 Å². The van der Waals surface area contributed by atoms with Crippen molar-refractivity contribution in [2.24, 2.45) is 5.92 Å². The Labute approximate surface area is 113 Å². The minimum absolute atomic E-state index is 0.208. The molecule has 1 heterocycles. The Morgan fingerprint density at radius 1 is 1.37 bits per heavy atom. The number of carbonyl (C=O) groups excluding carboxylic acids is 3. The summed E-state index contributed by atoms with van der Waals surface area (Å²) in [6, 6.07) is -0.878. The van der Waals surface area contributed by atoms with Crippen LogP contribution in [0.4, 0.5) is 4.79 Å². The van der Waals surface area contributed by atoms with Gasteiger partial charge in [-0.15, -0.1) is 0 Å². The molecule has 0 aromatic rings. The third-order valence-electron chi connectivity index (χ3n) is 2.70. The smallest absolute Gasteiger partial charge is 0.417 e. The van der Waals surface area contributed by atoms with Gasteiger partial charge in [0, 0.05) is 5.92 Å². The molecule has 2 atom stereocenters. The molecule has 1 aliphatic heterocycles. The molecule has 0 unspecified atom stereocenters. The van der Waals surface area contributed by atoms with Gasteiger partial charge in [-0.1, -0.05) is 6.92 Å². The van der Waals surface area contributed by atoms with Crippen LogP contribution in [0.5, 0.6) is 0 Å². The van der Waals surface area contributed by atoms with Crippen molar-refractivity contribution in [3.8, 4) is 0 Å². The molecule has 0 N–H and O–H groups in total. The van der Waals surface area contributed by atoms with Crippen LogP contribution in [-0.4, -0.2) is 41.1 Å². The molecule has 1 aliphatic rings. The fourth-order valence-electron chi connectivity index (χ4n) is 1.90. The summed E-state index contributed by atoms with van der Waals surface area (Å²) in [6.45, 7) is 8.67. The maximum Gasteiger partial charge on any atom is 0.417 e. The molecule has 108 valence electrons. The molecule has 19 heavy (non-hydrogen) atoms. The molecule has 0 aliphatic carbocycles. The van der Waals surface area contributed by atoms with E-state index < -0.39 is 29.6 Å². The zero-order valence-electron chi connectivity index (χ0n) is 12.1. The van der Waals surface area contributed by atoms with E-state index in [1.807, 2.05) is 0 Å². The first-order valence-corrected chi connectivity index (χ1v) is 6.40. The molecule has 0 radical (unpaired) electrons. The van der Waals surface area contributed by atoms with Gasteiger partial charge in [0.25, 0.3) is 0 Å². The number of carbonyl (C=O) groups is 3. The van der Waals surface area contributed by atoms with Crippen molar-refractivity contribution in [3.63, 3.8) is 0 Å².